The van der Waals surface area contributed by atoms with Gasteiger partial charge in [0.15, 0.2) is 0 Å². The van der Waals surface area contributed by atoms with Gasteiger partial charge in [-0.15, -0.1) is 0 Å². The molecule has 0 aliphatic carbocycles. The van der Waals surface area contributed by atoms with Crippen LogP contribution < -0.4 is 5.32 Å². The van der Waals surface area contributed by atoms with Gasteiger partial charge in [-0.2, -0.15) is 0 Å². The molecule has 1 amide bonds. The molecule has 0 aromatic heterocycles. The van der Waals surface area contributed by atoms with E-state index in [1.165, 1.54) is 0 Å². The number of carbonyl (C=O) groups excluding carboxylic acids is 1. The Morgan fingerprint density at radius 3 is 2.42 bits per heavy atom. The zero-order valence-electron chi connectivity index (χ0n) is 15.6. The van der Waals surface area contributed by atoms with Gasteiger partial charge in [0, 0.05) is 24.9 Å². The van der Waals surface area contributed by atoms with Crippen LogP contribution >= 0.6 is 7.60 Å². The molecule has 7 nitrogen and oxygen atoms in total. The van der Waals surface area contributed by atoms with Crippen molar-refractivity contribution in [1.29, 1.82) is 0 Å². The number of benzene rings is 1. The van der Waals surface area contributed by atoms with Crippen LogP contribution in [0.3, 0.4) is 0 Å². The molecular weight excluding hydrogens is 355 g/mol. The lowest BCUT2D eigenvalue weighted by molar-refractivity contribution is 0.0588. The molecule has 1 aliphatic rings. The first kappa shape index (κ1) is 20.6. The first-order valence-corrected chi connectivity index (χ1v) is 10.3. The summed E-state index contributed by atoms with van der Waals surface area (Å²) in [6, 6.07) is 7.23. The molecule has 1 saturated heterocycles. The lowest BCUT2D eigenvalue weighted by Gasteiger charge is -2.28. The average Bonchev–Trinajstić information content (AvgIpc) is 2.63. The minimum absolute atomic E-state index is 0.149. The maximum atomic E-state index is 13.3. The number of ether oxygens (including phenoxy) is 1. The molecule has 0 bridgehead atoms. The Bertz CT molecular complexity index is 676. The number of aryl methyl sites for hydroxylation is 1. The monoisotopic (exact) mass is 382 g/mol. The first-order chi connectivity index (χ1) is 12.5. The zero-order chi connectivity index (χ0) is 19.0. The van der Waals surface area contributed by atoms with E-state index in [0.29, 0.717) is 31.9 Å². The summed E-state index contributed by atoms with van der Waals surface area (Å²) in [7, 11) is -3.64. The number of amides is 1. The second-order valence-electron chi connectivity index (χ2n) is 5.76. The van der Waals surface area contributed by atoms with Crippen molar-refractivity contribution in [3.05, 3.63) is 47.0 Å². The Morgan fingerprint density at radius 2 is 1.85 bits per heavy atom. The van der Waals surface area contributed by atoms with E-state index in [2.05, 4.69) is 5.32 Å². The van der Waals surface area contributed by atoms with Crippen LogP contribution in [0.4, 0.5) is 0 Å². The number of rotatable bonds is 8. The Kier molecular flexibility index (Phi) is 7.85. The van der Waals surface area contributed by atoms with Crippen LogP contribution in [0, 0.1) is 6.92 Å². The van der Waals surface area contributed by atoms with Crippen LogP contribution in [0.5, 0.6) is 0 Å². The van der Waals surface area contributed by atoms with Crippen molar-refractivity contribution in [1.82, 2.24) is 10.2 Å². The zero-order valence-corrected chi connectivity index (χ0v) is 16.5. The summed E-state index contributed by atoms with van der Waals surface area (Å²) in [5.41, 5.74) is 1.50. The van der Waals surface area contributed by atoms with Gasteiger partial charge in [-0.25, -0.2) is 0 Å². The molecule has 1 heterocycles. The Morgan fingerprint density at radius 1 is 1.23 bits per heavy atom. The third-order valence-electron chi connectivity index (χ3n) is 3.87. The Hall–Kier alpha value is -1.66. The fourth-order valence-electron chi connectivity index (χ4n) is 2.58. The lowest BCUT2D eigenvalue weighted by atomic mass is 10.1. The number of hydrogen-bond donors (Lipinski definition) is 1. The highest BCUT2D eigenvalue weighted by molar-refractivity contribution is 7.58. The number of nitrogens with one attached hydrogen (secondary N) is 1. The first-order valence-electron chi connectivity index (χ1n) is 8.80. The third-order valence-corrected chi connectivity index (χ3v) is 5.89. The molecule has 1 aliphatic heterocycles. The summed E-state index contributed by atoms with van der Waals surface area (Å²) in [5.74, 6) is -0.345. The molecule has 0 radical (unpaired) electrons. The van der Waals surface area contributed by atoms with Gasteiger partial charge in [0.05, 0.1) is 26.4 Å². The number of nitrogens with zero attached hydrogens (tertiary/aromatic N) is 1. The molecule has 1 aromatic rings. The third kappa shape index (κ3) is 5.42. The summed E-state index contributed by atoms with van der Waals surface area (Å²) in [6.45, 7) is 8.17. The quantitative estimate of drug-likeness (QED) is 0.696. The van der Waals surface area contributed by atoms with Crippen LogP contribution in [0.1, 0.15) is 29.8 Å². The molecule has 144 valence electrons. The van der Waals surface area contributed by atoms with Gasteiger partial charge < -0.3 is 24.0 Å². The maximum Gasteiger partial charge on any atom is 0.378 e. The van der Waals surface area contributed by atoms with Crippen molar-refractivity contribution < 1.29 is 23.1 Å². The topological polar surface area (TPSA) is 77.1 Å². The molecule has 0 atom stereocenters. The molecule has 0 spiro atoms. The average molecular weight is 382 g/mol. The predicted molar refractivity (Wildman–Crippen MR) is 100.0 cm³/mol. The van der Waals surface area contributed by atoms with Crippen LogP contribution in [-0.2, 0) is 18.3 Å². The number of carbonyl (C=O) groups is 1. The number of hydrogen-bond acceptors (Lipinski definition) is 6. The van der Waals surface area contributed by atoms with Gasteiger partial charge in [-0.05, 0) is 32.4 Å². The molecule has 8 heteroatoms. The van der Waals surface area contributed by atoms with E-state index < -0.39 is 7.60 Å². The molecule has 26 heavy (non-hydrogen) atoms. The molecule has 1 N–H and O–H groups in total. The van der Waals surface area contributed by atoms with Crippen molar-refractivity contribution in [3.8, 4) is 0 Å². The lowest BCUT2D eigenvalue weighted by Crippen LogP contribution is -2.34. The van der Waals surface area contributed by atoms with Crippen molar-refractivity contribution in [2.75, 3.05) is 39.5 Å². The Balaban J connectivity index is 2.33. The van der Waals surface area contributed by atoms with Crippen molar-refractivity contribution in [2.45, 2.75) is 20.8 Å². The van der Waals surface area contributed by atoms with Crippen LogP contribution in [0.2, 0.25) is 0 Å². The minimum atomic E-state index is -3.64. The van der Waals surface area contributed by atoms with E-state index in [1.54, 1.807) is 32.2 Å². The molecule has 2 rings (SSSR count). The van der Waals surface area contributed by atoms with Gasteiger partial charge in [0.1, 0.15) is 5.44 Å². The second kappa shape index (κ2) is 9.88. The molecule has 0 saturated carbocycles. The summed E-state index contributed by atoms with van der Waals surface area (Å²) in [6.07, 6.45) is 1.66. The fourth-order valence-corrected chi connectivity index (χ4v) is 4.15. The predicted octanol–water partition coefficient (Wildman–Crippen LogP) is 3.12. The van der Waals surface area contributed by atoms with E-state index in [4.69, 9.17) is 13.8 Å². The molecule has 0 unspecified atom stereocenters. The largest absolute Gasteiger partial charge is 0.378 e. The highest BCUT2D eigenvalue weighted by atomic mass is 31.2. The van der Waals surface area contributed by atoms with Crippen molar-refractivity contribution in [2.24, 2.45) is 0 Å². The minimum Gasteiger partial charge on any atom is -0.378 e. The molecule has 1 aromatic carbocycles. The second-order valence-corrected chi connectivity index (χ2v) is 7.76. The standard InChI is InChI=1S/C18H27N2O5P/c1-4-24-26(22,25-5-2)17(14-20-10-12-23-13-11-20)19-18(21)16-9-7-6-8-15(16)3/h6-9,14H,4-5,10-13H2,1-3H3,(H,19,21)/b17-14-. The highest BCUT2D eigenvalue weighted by Gasteiger charge is 2.32. The van der Waals surface area contributed by atoms with Crippen molar-refractivity contribution in [3.63, 3.8) is 0 Å². The summed E-state index contributed by atoms with van der Waals surface area (Å²) >= 11 is 0. The van der Waals surface area contributed by atoms with E-state index in [1.807, 2.05) is 24.0 Å². The van der Waals surface area contributed by atoms with Crippen LogP contribution in [0.25, 0.3) is 0 Å². The fraction of sp³-hybridized carbons (Fsp3) is 0.500. The van der Waals surface area contributed by atoms with Gasteiger partial charge in [-0.1, -0.05) is 18.2 Å². The molecular formula is C18H27N2O5P. The SMILES string of the molecule is CCOP(=O)(OCC)/C(=C\N1CCOCC1)NC(=O)c1ccccc1C. The van der Waals surface area contributed by atoms with Crippen molar-refractivity contribution >= 4 is 13.5 Å². The number of morpholine rings is 1. The van der Waals surface area contributed by atoms with E-state index in [-0.39, 0.29) is 24.6 Å². The maximum absolute atomic E-state index is 13.3. The summed E-state index contributed by atoms with van der Waals surface area (Å²) in [5, 5.41) is 2.76. The van der Waals surface area contributed by atoms with E-state index in [9.17, 15) is 9.36 Å². The normalized spacial score (nSPS) is 15.8. The van der Waals surface area contributed by atoms with Gasteiger partial charge in [0.2, 0.25) is 0 Å². The van der Waals surface area contributed by atoms with Gasteiger partial charge >= 0.3 is 7.60 Å². The van der Waals surface area contributed by atoms with Gasteiger partial charge in [-0.3, -0.25) is 9.36 Å². The molecule has 1 fully saturated rings. The van der Waals surface area contributed by atoms with E-state index >= 15 is 0 Å². The van der Waals surface area contributed by atoms with Gasteiger partial charge in [0.25, 0.3) is 5.91 Å². The highest BCUT2D eigenvalue weighted by Crippen LogP contribution is 2.54. The summed E-state index contributed by atoms with van der Waals surface area (Å²) in [4.78, 5) is 14.7. The summed E-state index contributed by atoms with van der Waals surface area (Å²) < 4.78 is 29.5. The Labute approximate surface area is 154 Å². The van der Waals surface area contributed by atoms with Crippen LogP contribution in [0.15, 0.2) is 35.9 Å². The van der Waals surface area contributed by atoms with E-state index in [0.717, 1.165) is 5.56 Å². The van der Waals surface area contributed by atoms with Crippen LogP contribution in [-0.4, -0.2) is 50.3 Å². The smallest absolute Gasteiger partial charge is 0.378 e.